The molecule has 0 radical (unpaired) electrons. The Bertz CT molecular complexity index is 1490. The highest BCUT2D eigenvalue weighted by Gasteiger charge is 2.27. The van der Waals surface area contributed by atoms with Crippen molar-refractivity contribution in [1.29, 1.82) is 0 Å². The standard InChI is InChI=1S/C23H21Cl2N3O6S2/c24-16-2-1-3-18(14-16)27-35(30,31)19-6-4-17(5-7-19)26-23(29)21-15-20(8-9-22(21)25)36(32,33)28-10-12-34-13-11-28/h1-9,14-15,27H,10-13H2,(H,26,29). The summed E-state index contributed by atoms with van der Waals surface area (Å²) in [5, 5.41) is 3.06. The number of sulfonamides is 2. The number of anilines is 2. The number of hydrogen-bond donors (Lipinski definition) is 2. The first kappa shape index (κ1) is 26.4. The summed E-state index contributed by atoms with van der Waals surface area (Å²) in [5.74, 6) is -0.647. The van der Waals surface area contributed by atoms with Gasteiger partial charge in [0.2, 0.25) is 10.0 Å². The molecule has 36 heavy (non-hydrogen) atoms. The van der Waals surface area contributed by atoms with Gasteiger partial charge in [0.15, 0.2) is 0 Å². The molecule has 1 aliphatic rings. The first-order valence-electron chi connectivity index (χ1n) is 10.6. The van der Waals surface area contributed by atoms with Gasteiger partial charge >= 0.3 is 0 Å². The van der Waals surface area contributed by atoms with E-state index in [1.54, 1.807) is 18.2 Å². The highest BCUT2D eigenvalue weighted by Crippen LogP contribution is 2.25. The van der Waals surface area contributed by atoms with E-state index in [0.29, 0.717) is 29.6 Å². The van der Waals surface area contributed by atoms with Crippen LogP contribution in [0.4, 0.5) is 11.4 Å². The Morgan fingerprint density at radius 3 is 2.17 bits per heavy atom. The van der Waals surface area contributed by atoms with E-state index in [-0.39, 0.29) is 33.5 Å². The largest absolute Gasteiger partial charge is 0.379 e. The van der Waals surface area contributed by atoms with Gasteiger partial charge in [-0.15, -0.1) is 0 Å². The number of ether oxygens (including phenoxy) is 1. The third kappa shape index (κ3) is 6.00. The van der Waals surface area contributed by atoms with E-state index in [0.717, 1.165) is 0 Å². The van der Waals surface area contributed by atoms with Crippen molar-refractivity contribution in [3.05, 3.63) is 82.3 Å². The lowest BCUT2D eigenvalue weighted by Gasteiger charge is -2.26. The van der Waals surface area contributed by atoms with Crippen LogP contribution < -0.4 is 10.0 Å². The molecule has 0 unspecified atom stereocenters. The topological polar surface area (TPSA) is 122 Å². The number of carbonyl (C=O) groups is 1. The van der Waals surface area contributed by atoms with Gasteiger partial charge in [0.25, 0.3) is 15.9 Å². The fraction of sp³-hybridized carbons (Fsp3) is 0.174. The van der Waals surface area contributed by atoms with Gasteiger partial charge < -0.3 is 10.1 Å². The van der Waals surface area contributed by atoms with E-state index in [4.69, 9.17) is 27.9 Å². The van der Waals surface area contributed by atoms with E-state index in [1.807, 2.05) is 0 Å². The van der Waals surface area contributed by atoms with Gasteiger partial charge in [-0.25, -0.2) is 16.8 Å². The minimum atomic E-state index is -3.89. The van der Waals surface area contributed by atoms with Crippen LogP contribution in [0.3, 0.4) is 0 Å². The van der Waals surface area contributed by atoms with Crippen LogP contribution in [0.15, 0.2) is 76.5 Å². The molecule has 0 bridgehead atoms. The summed E-state index contributed by atoms with van der Waals surface area (Å²) in [6.07, 6.45) is 0. The van der Waals surface area contributed by atoms with Gasteiger partial charge in [0.1, 0.15) is 0 Å². The molecule has 2 N–H and O–H groups in total. The Morgan fingerprint density at radius 2 is 1.50 bits per heavy atom. The molecule has 4 rings (SSSR count). The second-order valence-corrected chi connectivity index (χ2v) is 12.2. The van der Waals surface area contributed by atoms with Gasteiger partial charge in [-0.3, -0.25) is 9.52 Å². The van der Waals surface area contributed by atoms with Crippen LogP contribution in [0.1, 0.15) is 10.4 Å². The van der Waals surface area contributed by atoms with Crippen LogP contribution in [0, 0.1) is 0 Å². The van der Waals surface area contributed by atoms with Crippen molar-refractivity contribution in [2.24, 2.45) is 0 Å². The van der Waals surface area contributed by atoms with Crippen molar-refractivity contribution in [3.63, 3.8) is 0 Å². The normalized spacial score (nSPS) is 14.8. The van der Waals surface area contributed by atoms with Crippen molar-refractivity contribution >= 4 is 60.5 Å². The Kier molecular flexibility index (Phi) is 7.88. The summed E-state index contributed by atoms with van der Waals surface area (Å²) in [7, 11) is -7.72. The second kappa shape index (κ2) is 10.8. The first-order valence-corrected chi connectivity index (χ1v) is 14.3. The summed E-state index contributed by atoms with van der Waals surface area (Å²) in [6.45, 7) is 1.02. The molecule has 1 heterocycles. The zero-order valence-corrected chi connectivity index (χ0v) is 21.8. The Labute approximate surface area is 219 Å². The van der Waals surface area contributed by atoms with Crippen LogP contribution in [0.2, 0.25) is 10.0 Å². The predicted octanol–water partition coefficient (Wildman–Crippen LogP) is 4.07. The summed E-state index contributed by atoms with van der Waals surface area (Å²) in [6, 6.07) is 15.7. The molecular weight excluding hydrogens is 549 g/mol. The number of morpholine rings is 1. The molecule has 13 heteroatoms. The number of nitrogens with one attached hydrogen (secondary N) is 2. The van der Waals surface area contributed by atoms with E-state index >= 15 is 0 Å². The van der Waals surface area contributed by atoms with Crippen LogP contribution in [-0.2, 0) is 24.8 Å². The molecule has 1 aliphatic heterocycles. The SMILES string of the molecule is O=C(Nc1ccc(S(=O)(=O)Nc2cccc(Cl)c2)cc1)c1cc(S(=O)(=O)N2CCOCC2)ccc1Cl. The summed E-state index contributed by atoms with van der Waals surface area (Å²) >= 11 is 12.1. The molecule has 1 saturated heterocycles. The van der Waals surface area contributed by atoms with Crippen molar-refractivity contribution in [3.8, 4) is 0 Å². The number of amides is 1. The van der Waals surface area contributed by atoms with Gasteiger partial charge in [-0.05, 0) is 60.7 Å². The minimum Gasteiger partial charge on any atom is -0.379 e. The Morgan fingerprint density at radius 1 is 0.833 bits per heavy atom. The summed E-state index contributed by atoms with van der Waals surface area (Å²) in [5.41, 5.74) is 0.561. The number of nitrogens with zero attached hydrogens (tertiary/aromatic N) is 1. The fourth-order valence-corrected chi connectivity index (χ4v) is 6.33. The lowest BCUT2D eigenvalue weighted by Crippen LogP contribution is -2.40. The van der Waals surface area contributed by atoms with Crippen LogP contribution in [0.5, 0.6) is 0 Å². The average Bonchev–Trinajstić information content (AvgIpc) is 2.85. The monoisotopic (exact) mass is 569 g/mol. The number of hydrogen-bond acceptors (Lipinski definition) is 6. The maximum absolute atomic E-state index is 12.9. The van der Waals surface area contributed by atoms with Crippen molar-refractivity contribution in [1.82, 2.24) is 4.31 Å². The maximum Gasteiger partial charge on any atom is 0.261 e. The lowest BCUT2D eigenvalue weighted by atomic mass is 10.2. The van der Waals surface area contributed by atoms with E-state index in [2.05, 4.69) is 10.0 Å². The zero-order chi connectivity index (χ0) is 25.9. The maximum atomic E-state index is 12.9. The molecular formula is C23H21Cl2N3O6S2. The van der Waals surface area contributed by atoms with E-state index in [1.165, 1.54) is 52.8 Å². The van der Waals surface area contributed by atoms with E-state index in [9.17, 15) is 21.6 Å². The third-order valence-corrected chi connectivity index (χ3v) is 9.15. The van der Waals surface area contributed by atoms with Gasteiger partial charge in [-0.2, -0.15) is 4.31 Å². The minimum absolute atomic E-state index is 0.0305. The number of rotatable bonds is 7. The number of benzene rings is 3. The number of carbonyl (C=O) groups excluding carboxylic acids is 1. The summed E-state index contributed by atoms with van der Waals surface area (Å²) in [4.78, 5) is 12.8. The predicted molar refractivity (Wildman–Crippen MR) is 138 cm³/mol. The molecule has 3 aromatic carbocycles. The summed E-state index contributed by atoms with van der Waals surface area (Å²) < 4.78 is 60.1. The fourth-order valence-electron chi connectivity index (χ4n) is 3.46. The second-order valence-electron chi connectivity index (χ2n) is 7.75. The van der Waals surface area contributed by atoms with E-state index < -0.39 is 26.0 Å². The van der Waals surface area contributed by atoms with Gasteiger partial charge in [0, 0.05) is 23.8 Å². The molecule has 0 saturated carbocycles. The highest BCUT2D eigenvalue weighted by molar-refractivity contribution is 7.92. The smallest absolute Gasteiger partial charge is 0.261 e. The van der Waals surface area contributed by atoms with Gasteiger partial charge in [-0.1, -0.05) is 29.3 Å². The number of halogens is 2. The molecule has 1 amide bonds. The zero-order valence-electron chi connectivity index (χ0n) is 18.6. The molecule has 190 valence electrons. The van der Waals surface area contributed by atoms with Crippen molar-refractivity contribution in [2.45, 2.75) is 9.79 Å². The molecule has 1 fully saturated rings. The molecule has 3 aromatic rings. The molecule has 0 atom stereocenters. The molecule has 0 aliphatic carbocycles. The lowest BCUT2D eigenvalue weighted by molar-refractivity contribution is 0.0730. The highest BCUT2D eigenvalue weighted by atomic mass is 35.5. The molecule has 9 nitrogen and oxygen atoms in total. The molecule has 0 spiro atoms. The van der Waals surface area contributed by atoms with Gasteiger partial charge in [0.05, 0.1) is 39.3 Å². The Hall–Kier alpha value is -2.67. The van der Waals surface area contributed by atoms with Crippen LogP contribution >= 0.6 is 23.2 Å². The first-order chi connectivity index (χ1) is 17.1. The van der Waals surface area contributed by atoms with Crippen molar-refractivity contribution < 1.29 is 26.4 Å². The van der Waals surface area contributed by atoms with Crippen LogP contribution in [-0.4, -0.2) is 53.4 Å². The Balaban J connectivity index is 1.50. The average molecular weight is 570 g/mol. The van der Waals surface area contributed by atoms with Crippen LogP contribution in [0.25, 0.3) is 0 Å². The van der Waals surface area contributed by atoms with Crippen molar-refractivity contribution in [2.75, 3.05) is 36.3 Å². The third-order valence-electron chi connectivity index (χ3n) is 5.29. The molecule has 0 aromatic heterocycles. The quantitative estimate of drug-likeness (QED) is 0.442.